The summed E-state index contributed by atoms with van der Waals surface area (Å²) in [7, 11) is 2.15. The Morgan fingerprint density at radius 1 is 1.41 bits per heavy atom. The van der Waals surface area contributed by atoms with Crippen LogP contribution in [0.1, 0.15) is 38.5 Å². The molecule has 0 bridgehead atoms. The van der Waals surface area contributed by atoms with E-state index < -0.39 is 0 Å². The molecule has 98 valence electrons. The lowest BCUT2D eigenvalue weighted by atomic mass is 10.1. The third-order valence-corrected chi connectivity index (χ3v) is 2.90. The van der Waals surface area contributed by atoms with Crippen molar-refractivity contribution < 1.29 is 4.42 Å². The van der Waals surface area contributed by atoms with Crippen LogP contribution >= 0.6 is 0 Å². The standard InChI is InChI=1S/C14H26N2O/c1-5-15-10-13-7-9-17-14(13)11-16(4)8-6-12(2)3/h7,9,12,15H,5-6,8,10-11H2,1-4H3. The fourth-order valence-corrected chi connectivity index (χ4v) is 1.73. The van der Waals surface area contributed by atoms with Crippen molar-refractivity contribution in [3.05, 3.63) is 23.7 Å². The summed E-state index contributed by atoms with van der Waals surface area (Å²) in [5, 5.41) is 3.34. The number of nitrogens with one attached hydrogen (secondary N) is 1. The van der Waals surface area contributed by atoms with Crippen molar-refractivity contribution in [1.29, 1.82) is 0 Å². The molecule has 3 nitrogen and oxygen atoms in total. The number of hydrogen-bond acceptors (Lipinski definition) is 3. The Balaban J connectivity index is 2.41. The first kappa shape index (κ1) is 14.3. The first-order valence-corrected chi connectivity index (χ1v) is 6.58. The van der Waals surface area contributed by atoms with Crippen molar-refractivity contribution in [3.8, 4) is 0 Å². The predicted octanol–water partition coefficient (Wildman–Crippen LogP) is 2.87. The number of rotatable bonds is 8. The van der Waals surface area contributed by atoms with Crippen molar-refractivity contribution in [3.63, 3.8) is 0 Å². The van der Waals surface area contributed by atoms with Crippen LogP contribution in [0, 0.1) is 5.92 Å². The van der Waals surface area contributed by atoms with E-state index in [4.69, 9.17) is 4.42 Å². The lowest BCUT2D eigenvalue weighted by molar-refractivity contribution is 0.276. The van der Waals surface area contributed by atoms with Gasteiger partial charge in [0.05, 0.1) is 12.8 Å². The third kappa shape index (κ3) is 5.37. The Morgan fingerprint density at radius 3 is 2.82 bits per heavy atom. The molecule has 0 atom stereocenters. The minimum absolute atomic E-state index is 0.760. The summed E-state index contributed by atoms with van der Waals surface area (Å²) in [5.74, 6) is 1.85. The molecule has 0 aliphatic rings. The second kappa shape index (κ2) is 7.51. The van der Waals surface area contributed by atoms with Gasteiger partial charge in [0.1, 0.15) is 5.76 Å². The third-order valence-electron chi connectivity index (χ3n) is 2.90. The average molecular weight is 238 g/mol. The molecule has 0 aliphatic heterocycles. The maximum Gasteiger partial charge on any atom is 0.122 e. The largest absolute Gasteiger partial charge is 0.468 e. The van der Waals surface area contributed by atoms with E-state index in [1.165, 1.54) is 12.0 Å². The van der Waals surface area contributed by atoms with Crippen LogP contribution in [0.3, 0.4) is 0 Å². The molecular weight excluding hydrogens is 212 g/mol. The zero-order chi connectivity index (χ0) is 12.7. The van der Waals surface area contributed by atoms with E-state index in [1.54, 1.807) is 6.26 Å². The Bertz CT molecular complexity index is 307. The summed E-state index contributed by atoms with van der Waals surface area (Å²) in [5.41, 5.74) is 1.28. The van der Waals surface area contributed by atoms with E-state index in [0.717, 1.165) is 37.9 Å². The van der Waals surface area contributed by atoms with E-state index in [9.17, 15) is 0 Å². The zero-order valence-corrected chi connectivity index (χ0v) is 11.6. The summed E-state index contributed by atoms with van der Waals surface area (Å²) in [6.45, 7) is 10.6. The number of nitrogens with zero attached hydrogens (tertiary/aromatic N) is 1. The summed E-state index contributed by atoms with van der Waals surface area (Å²) >= 11 is 0. The van der Waals surface area contributed by atoms with Crippen molar-refractivity contribution in [2.45, 2.75) is 40.3 Å². The monoisotopic (exact) mass is 238 g/mol. The van der Waals surface area contributed by atoms with Crippen molar-refractivity contribution in [1.82, 2.24) is 10.2 Å². The molecule has 0 radical (unpaired) electrons. The molecule has 1 N–H and O–H groups in total. The summed E-state index contributed by atoms with van der Waals surface area (Å²) in [6.07, 6.45) is 3.03. The molecule has 0 spiro atoms. The summed E-state index contributed by atoms with van der Waals surface area (Å²) in [6, 6.07) is 2.06. The van der Waals surface area contributed by atoms with Gasteiger partial charge in [0.15, 0.2) is 0 Å². The predicted molar refractivity (Wildman–Crippen MR) is 71.9 cm³/mol. The highest BCUT2D eigenvalue weighted by Crippen LogP contribution is 2.13. The molecule has 3 heteroatoms. The molecular formula is C14H26N2O. The summed E-state index contributed by atoms with van der Waals surface area (Å²) in [4.78, 5) is 2.33. The molecule has 0 fully saturated rings. The molecule has 0 aromatic carbocycles. The molecule has 0 unspecified atom stereocenters. The van der Waals surface area contributed by atoms with Crippen LogP contribution in [0.2, 0.25) is 0 Å². The Morgan fingerprint density at radius 2 is 2.18 bits per heavy atom. The molecule has 0 amide bonds. The Hall–Kier alpha value is -0.800. The maximum absolute atomic E-state index is 5.56. The second-order valence-corrected chi connectivity index (χ2v) is 5.07. The lowest BCUT2D eigenvalue weighted by Gasteiger charge is -2.17. The molecule has 17 heavy (non-hydrogen) atoms. The van der Waals surface area contributed by atoms with Crippen LogP contribution in [-0.4, -0.2) is 25.0 Å². The van der Waals surface area contributed by atoms with Gasteiger partial charge in [-0.1, -0.05) is 20.8 Å². The fourth-order valence-electron chi connectivity index (χ4n) is 1.73. The minimum atomic E-state index is 0.760. The Labute approximate surface area is 105 Å². The smallest absolute Gasteiger partial charge is 0.122 e. The summed E-state index contributed by atoms with van der Waals surface area (Å²) < 4.78 is 5.56. The van der Waals surface area contributed by atoms with Gasteiger partial charge in [0, 0.05) is 12.1 Å². The SMILES string of the molecule is CCNCc1ccoc1CN(C)CCC(C)C. The highest BCUT2D eigenvalue weighted by Gasteiger charge is 2.09. The van der Waals surface area contributed by atoms with Crippen LogP contribution in [0.25, 0.3) is 0 Å². The first-order chi connectivity index (χ1) is 8.13. The fraction of sp³-hybridized carbons (Fsp3) is 0.714. The Kier molecular flexibility index (Phi) is 6.30. The topological polar surface area (TPSA) is 28.4 Å². The van der Waals surface area contributed by atoms with E-state index in [1.807, 2.05) is 0 Å². The van der Waals surface area contributed by atoms with Crippen LogP contribution in [0.4, 0.5) is 0 Å². The van der Waals surface area contributed by atoms with Crippen LogP contribution in [-0.2, 0) is 13.1 Å². The van der Waals surface area contributed by atoms with E-state index in [-0.39, 0.29) is 0 Å². The number of furan rings is 1. The molecule has 1 rings (SSSR count). The lowest BCUT2D eigenvalue weighted by Crippen LogP contribution is -2.21. The van der Waals surface area contributed by atoms with E-state index in [2.05, 4.69) is 44.1 Å². The van der Waals surface area contributed by atoms with E-state index in [0.29, 0.717) is 0 Å². The molecule has 0 aliphatic carbocycles. The van der Waals surface area contributed by atoms with Crippen molar-refractivity contribution in [2.24, 2.45) is 5.92 Å². The molecule has 1 aromatic heterocycles. The quantitative estimate of drug-likeness (QED) is 0.755. The normalized spacial score (nSPS) is 11.6. The van der Waals surface area contributed by atoms with Gasteiger partial charge < -0.3 is 9.73 Å². The average Bonchev–Trinajstić information content (AvgIpc) is 2.71. The molecule has 0 saturated carbocycles. The first-order valence-electron chi connectivity index (χ1n) is 6.58. The second-order valence-electron chi connectivity index (χ2n) is 5.07. The van der Waals surface area contributed by atoms with E-state index >= 15 is 0 Å². The minimum Gasteiger partial charge on any atom is -0.468 e. The van der Waals surface area contributed by atoms with Gasteiger partial charge in [-0.3, -0.25) is 4.90 Å². The number of hydrogen-bond donors (Lipinski definition) is 1. The van der Waals surface area contributed by atoms with Crippen LogP contribution in [0.15, 0.2) is 16.7 Å². The van der Waals surface area contributed by atoms with Gasteiger partial charge in [-0.25, -0.2) is 0 Å². The van der Waals surface area contributed by atoms with Crippen LogP contribution < -0.4 is 5.32 Å². The zero-order valence-electron chi connectivity index (χ0n) is 11.6. The van der Waals surface area contributed by atoms with Gasteiger partial charge in [0.2, 0.25) is 0 Å². The van der Waals surface area contributed by atoms with Crippen molar-refractivity contribution >= 4 is 0 Å². The van der Waals surface area contributed by atoms with Gasteiger partial charge in [-0.2, -0.15) is 0 Å². The molecule has 1 heterocycles. The van der Waals surface area contributed by atoms with Crippen molar-refractivity contribution in [2.75, 3.05) is 20.1 Å². The van der Waals surface area contributed by atoms with Crippen LogP contribution in [0.5, 0.6) is 0 Å². The maximum atomic E-state index is 5.56. The highest BCUT2D eigenvalue weighted by molar-refractivity contribution is 5.16. The highest BCUT2D eigenvalue weighted by atomic mass is 16.3. The molecule has 0 saturated heterocycles. The van der Waals surface area contributed by atoms with Gasteiger partial charge in [-0.15, -0.1) is 0 Å². The van der Waals surface area contributed by atoms with Gasteiger partial charge in [-0.05, 0) is 38.5 Å². The molecule has 1 aromatic rings. The van der Waals surface area contributed by atoms with Gasteiger partial charge in [0.25, 0.3) is 0 Å². The van der Waals surface area contributed by atoms with Gasteiger partial charge >= 0.3 is 0 Å².